The van der Waals surface area contributed by atoms with Gasteiger partial charge in [-0.05, 0) is 36.5 Å². The van der Waals surface area contributed by atoms with Crippen LogP contribution >= 0.6 is 0 Å². The summed E-state index contributed by atoms with van der Waals surface area (Å²) in [6.07, 6.45) is 0.888. The zero-order chi connectivity index (χ0) is 15.6. The van der Waals surface area contributed by atoms with E-state index in [4.69, 9.17) is 5.73 Å². The lowest BCUT2D eigenvalue weighted by Crippen LogP contribution is -2.53. The van der Waals surface area contributed by atoms with Gasteiger partial charge in [0.05, 0.1) is 6.54 Å². The van der Waals surface area contributed by atoms with Gasteiger partial charge >= 0.3 is 0 Å². The molecule has 0 saturated carbocycles. The second-order valence-electron chi connectivity index (χ2n) is 6.61. The molecule has 1 unspecified atom stereocenters. The van der Waals surface area contributed by atoms with Crippen LogP contribution in [0.5, 0.6) is 0 Å². The van der Waals surface area contributed by atoms with E-state index in [-0.39, 0.29) is 23.2 Å². The smallest absolute Gasteiger partial charge is 0.238 e. The standard InChI is InChI=1S/C16H24FN3O/c1-11-4-5-12(8-13(11)17)19-15(21)9-20-7-6-14(18)16(2,3)10-20/h4-5,8,14H,6-7,9-10,18H2,1-3H3,(H,19,21). The van der Waals surface area contributed by atoms with Crippen LogP contribution in [0.1, 0.15) is 25.8 Å². The molecular weight excluding hydrogens is 269 g/mol. The third kappa shape index (κ3) is 4.02. The monoisotopic (exact) mass is 293 g/mol. The topological polar surface area (TPSA) is 58.4 Å². The van der Waals surface area contributed by atoms with E-state index < -0.39 is 0 Å². The normalized spacial score (nSPS) is 22.0. The summed E-state index contributed by atoms with van der Waals surface area (Å²) < 4.78 is 13.5. The van der Waals surface area contributed by atoms with E-state index in [9.17, 15) is 9.18 Å². The lowest BCUT2D eigenvalue weighted by atomic mass is 9.80. The van der Waals surface area contributed by atoms with Gasteiger partial charge in [0.15, 0.2) is 0 Å². The number of carbonyl (C=O) groups excluding carboxylic acids is 1. The van der Waals surface area contributed by atoms with Gasteiger partial charge in [0.1, 0.15) is 5.82 Å². The molecule has 1 fully saturated rings. The first-order chi connectivity index (χ1) is 9.78. The Balaban J connectivity index is 1.91. The zero-order valence-corrected chi connectivity index (χ0v) is 12.9. The van der Waals surface area contributed by atoms with Crippen LogP contribution in [0.25, 0.3) is 0 Å². The van der Waals surface area contributed by atoms with Crippen molar-refractivity contribution in [3.05, 3.63) is 29.6 Å². The minimum absolute atomic E-state index is 0.00843. The number of amides is 1. The van der Waals surface area contributed by atoms with Crippen molar-refractivity contribution in [3.63, 3.8) is 0 Å². The number of carbonyl (C=O) groups is 1. The van der Waals surface area contributed by atoms with Crippen LogP contribution in [0.4, 0.5) is 10.1 Å². The van der Waals surface area contributed by atoms with E-state index >= 15 is 0 Å². The number of benzene rings is 1. The number of hydrogen-bond acceptors (Lipinski definition) is 3. The Hall–Kier alpha value is -1.46. The van der Waals surface area contributed by atoms with Crippen molar-refractivity contribution in [3.8, 4) is 0 Å². The molecular formula is C16H24FN3O. The summed E-state index contributed by atoms with van der Waals surface area (Å²) in [4.78, 5) is 14.2. The lowest BCUT2D eigenvalue weighted by molar-refractivity contribution is -0.118. The fraction of sp³-hybridized carbons (Fsp3) is 0.562. The Morgan fingerprint density at radius 2 is 2.24 bits per heavy atom. The quantitative estimate of drug-likeness (QED) is 0.897. The molecule has 1 aromatic rings. The van der Waals surface area contributed by atoms with E-state index in [1.165, 1.54) is 6.07 Å². The van der Waals surface area contributed by atoms with Gasteiger partial charge in [-0.1, -0.05) is 19.9 Å². The van der Waals surface area contributed by atoms with Gasteiger partial charge in [0, 0.05) is 24.8 Å². The van der Waals surface area contributed by atoms with Crippen LogP contribution in [0.3, 0.4) is 0 Å². The minimum Gasteiger partial charge on any atom is -0.327 e. The maximum absolute atomic E-state index is 13.5. The molecule has 0 aliphatic carbocycles. The summed E-state index contributed by atoms with van der Waals surface area (Å²) in [7, 11) is 0. The van der Waals surface area contributed by atoms with Crippen molar-refractivity contribution in [1.82, 2.24) is 4.90 Å². The van der Waals surface area contributed by atoms with Gasteiger partial charge < -0.3 is 11.1 Å². The number of anilines is 1. The third-order valence-corrected chi connectivity index (χ3v) is 4.21. The predicted molar refractivity (Wildman–Crippen MR) is 82.6 cm³/mol. The molecule has 1 amide bonds. The van der Waals surface area contributed by atoms with Crippen molar-refractivity contribution < 1.29 is 9.18 Å². The molecule has 5 heteroatoms. The fourth-order valence-corrected chi connectivity index (χ4v) is 2.69. The maximum atomic E-state index is 13.5. The molecule has 1 heterocycles. The Labute approximate surface area is 125 Å². The van der Waals surface area contributed by atoms with Gasteiger partial charge in [0.2, 0.25) is 5.91 Å². The largest absolute Gasteiger partial charge is 0.327 e. The minimum atomic E-state index is -0.308. The van der Waals surface area contributed by atoms with Crippen LogP contribution in [0.2, 0.25) is 0 Å². The molecule has 4 nitrogen and oxygen atoms in total. The summed E-state index contributed by atoms with van der Waals surface area (Å²) in [5, 5.41) is 2.74. The number of likely N-dealkylation sites (tertiary alicyclic amines) is 1. The first-order valence-electron chi connectivity index (χ1n) is 7.32. The predicted octanol–water partition coefficient (Wildman–Crippen LogP) is 2.13. The Kier molecular flexibility index (Phi) is 4.64. The summed E-state index contributed by atoms with van der Waals surface area (Å²) in [5.41, 5.74) is 7.17. The molecule has 116 valence electrons. The zero-order valence-electron chi connectivity index (χ0n) is 12.9. The summed E-state index contributed by atoms with van der Waals surface area (Å²) in [6, 6.07) is 4.90. The van der Waals surface area contributed by atoms with Crippen LogP contribution in [0.15, 0.2) is 18.2 Å². The molecule has 3 N–H and O–H groups in total. The lowest BCUT2D eigenvalue weighted by Gasteiger charge is -2.42. The second kappa shape index (κ2) is 6.12. The number of piperidine rings is 1. The first kappa shape index (κ1) is 15.9. The van der Waals surface area contributed by atoms with Gasteiger partial charge in [0.25, 0.3) is 0 Å². The molecule has 0 aromatic heterocycles. The van der Waals surface area contributed by atoms with Crippen molar-refractivity contribution in [2.75, 3.05) is 25.0 Å². The number of halogens is 1. The highest BCUT2D eigenvalue weighted by Gasteiger charge is 2.33. The summed E-state index contributed by atoms with van der Waals surface area (Å²) >= 11 is 0. The average Bonchev–Trinajstić information content (AvgIpc) is 2.38. The Bertz CT molecular complexity index is 530. The van der Waals surface area contributed by atoms with Crippen molar-refractivity contribution in [2.24, 2.45) is 11.1 Å². The van der Waals surface area contributed by atoms with Crippen molar-refractivity contribution >= 4 is 11.6 Å². The SMILES string of the molecule is Cc1ccc(NC(=O)CN2CCC(N)C(C)(C)C2)cc1F. The van der Waals surface area contributed by atoms with Crippen molar-refractivity contribution in [1.29, 1.82) is 0 Å². The average molecular weight is 293 g/mol. The van der Waals surface area contributed by atoms with Gasteiger partial charge in [-0.25, -0.2) is 4.39 Å². The fourth-order valence-electron chi connectivity index (χ4n) is 2.69. The number of aryl methyl sites for hydroxylation is 1. The van der Waals surface area contributed by atoms with E-state index in [1.54, 1.807) is 19.1 Å². The molecule has 0 radical (unpaired) electrons. The van der Waals surface area contributed by atoms with Crippen LogP contribution < -0.4 is 11.1 Å². The Morgan fingerprint density at radius 3 is 2.86 bits per heavy atom. The molecule has 21 heavy (non-hydrogen) atoms. The molecule has 0 bridgehead atoms. The third-order valence-electron chi connectivity index (χ3n) is 4.21. The molecule has 1 aliphatic heterocycles. The highest BCUT2D eigenvalue weighted by Crippen LogP contribution is 2.27. The van der Waals surface area contributed by atoms with E-state index in [0.717, 1.165) is 19.5 Å². The molecule has 0 spiro atoms. The van der Waals surface area contributed by atoms with E-state index in [2.05, 4.69) is 24.1 Å². The molecule has 1 atom stereocenters. The highest BCUT2D eigenvalue weighted by molar-refractivity contribution is 5.92. The van der Waals surface area contributed by atoms with Crippen LogP contribution in [0, 0.1) is 18.2 Å². The van der Waals surface area contributed by atoms with Gasteiger partial charge in [-0.2, -0.15) is 0 Å². The number of hydrogen-bond donors (Lipinski definition) is 2. The highest BCUT2D eigenvalue weighted by atomic mass is 19.1. The van der Waals surface area contributed by atoms with Gasteiger partial charge in [-0.15, -0.1) is 0 Å². The van der Waals surface area contributed by atoms with Crippen LogP contribution in [-0.4, -0.2) is 36.5 Å². The number of rotatable bonds is 3. The second-order valence-corrected chi connectivity index (χ2v) is 6.61. The molecule has 1 aromatic carbocycles. The Morgan fingerprint density at radius 1 is 1.52 bits per heavy atom. The first-order valence-corrected chi connectivity index (χ1v) is 7.32. The van der Waals surface area contributed by atoms with E-state index in [0.29, 0.717) is 17.8 Å². The van der Waals surface area contributed by atoms with Crippen molar-refractivity contribution in [2.45, 2.75) is 33.2 Å². The van der Waals surface area contributed by atoms with E-state index in [1.807, 2.05) is 0 Å². The maximum Gasteiger partial charge on any atom is 0.238 e. The number of nitrogens with one attached hydrogen (secondary N) is 1. The van der Waals surface area contributed by atoms with Crippen LogP contribution in [-0.2, 0) is 4.79 Å². The molecule has 1 aliphatic rings. The summed E-state index contributed by atoms with van der Waals surface area (Å²) in [5.74, 6) is -0.428. The molecule has 2 rings (SSSR count). The molecule has 1 saturated heterocycles. The number of nitrogens with zero attached hydrogens (tertiary/aromatic N) is 1. The van der Waals surface area contributed by atoms with Gasteiger partial charge in [-0.3, -0.25) is 9.69 Å². The number of nitrogens with two attached hydrogens (primary N) is 1. The summed E-state index contributed by atoms with van der Waals surface area (Å²) in [6.45, 7) is 7.86.